The van der Waals surface area contributed by atoms with E-state index in [1.54, 1.807) is 0 Å². The van der Waals surface area contributed by atoms with Gasteiger partial charge in [-0.25, -0.2) is 0 Å². The number of aliphatic hydroxyl groups excluding tert-OH is 1. The van der Waals surface area contributed by atoms with Crippen molar-refractivity contribution in [1.29, 1.82) is 0 Å². The van der Waals surface area contributed by atoms with E-state index in [2.05, 4.69) is 33.9 Å². The van der Waals surface area contributed by atoms with Gasteiger partial charge in [-0.2, -0.15) is 0 Å². The van der Waals surface area contributed by atoms with Gasteiger partial charge in [0.2, 0.25) is 0 Å². The lowest BCUT2D eigenvalue weighted by Crippen LogP contribution is -2.41. The molecular formula is C14H28O3Si. The van der Waals surface area contributed by atoms with Crippen LogP contribution < -0.4 is 0 Å². The molecule has 0 aliphatic carbocycles. The number of carbonyl (C=O) groups excluding carboxylic acids is 1. The minimum absolute atomic E-state index is 0.200. The molecule has 0 aromatic heterocycles. The van der Waals surface area contributed by atoms with Crippen LogP contribution in [0.5, 0.6) is 0 Å². The molecule has 0 spiro atoms. The molecule has 0 radical (unpaired) electrons. The zero-order valence-electron chi connectivity index (χ0n) is 12.6. The maximum absolute atomic E-state index is 10.3. The van der Waals surface area contributed by atoms with Gasteiger partial charge in [-0.05, 0) is 44.0 Å². The molecule has 0 fully saturated rings. The molecule has 0 rings (SSSR count). The van der Waals surface area contributed by atoms with Crippen molar-refractivity contribution >= 4 is 14.6 Å². The van der Waals surface area contributed by atoms with Crippen LogP contribution in [0.2, 0.25) is 18.1 Å². The second-order valence-corrected chi connectivity index (χ2v) is 11.2. The summed E-state index contributed by atoms with van der Waals surface area (Å²) < 4.78 is 6.00. The van der Waals surface area contributed by atoms with Crippen molar-refractivity contribution in [3.63, 3.8) is 0 Å². The van der Waals surface area contributed by atoms with Crippen molar-refractivity contribution in [3.8, 4) is 0 Å². The van der Waals surface area contributed by atoms with Crippen molar-refractivity contribution in [3.05, 3.63) is 11.6 Å². The molecule has 0 unspecified atom stereocenters. The molecule has 0 aromatic rings. The predicted octanol–water partition coefficient (Wildman–Crippen LogP) is 3.29. The third-order valence-electron chi connectivity index (χ3n) is 3.63. The molecule has 4 heteroatoms. The molecule has 0 bridgehead atoms. The number of aliphatic hydroxyl groups is 1. The SMILES string of the molecule is C/C(=C\C=O)C[C@H](O)CCO[Si](C)(C)C(C)(C)C. The van der Waals surface area contributed by atoms with Crippen molar-refractivity contribution in [1.82, 2.24) is 0 Å². The molecule has 0 aliphatic rings. The number of hydrogen-bond acceptors (Lipinski definition) is 3. The Balaban J connectivity index is 4.05. The standard InChI is InChI=1S/C14H28O3Si/c1-12(7-9-15)11-13(16)8-10-17-18(5,6)14(2,3)4/h7,9,13,16H,8,10-11H2,1-6H3/b12-7+/t13-/m1/s1. The molecule has 0 aliphatic heterocycles. The minimum atomic E-state index is -1.71. The molecule has 0 heterocycles. The second kappa shape index (κ2) is 7.21. The summed E-state index contributed by atoms with van der Waals surface area (Å²) in [6.45, 7) is 13.5. The van der Waals surface area contributed by atoms with E-state index in [9.17, 15) is 9.90 Å². The molecule has 0 saturated heterocycles. The van der Waals surface area contributed by atoms with Gasteiger partial charge < -0.3 is 9.53 Å². The van der Waals surface area contributed by atoms with E-state index in [1.165, 1.54) is 6.08 Å². The topological polar surface area (TPSA) is 46.5 Å². The number of aldehydes is 1. The van der Waals surface area contributed by atoms with Crippen LogP contribution in [0.25, 0.3) is 0 Å². The predicted molar refractivity (Wildman–Crippen MR) is 78.2 cm³/mol. The van der Waals surface area contributed by atoms with Gasteiger partial charge in [0.05, 0.1) is 6.10 Å². The number of carbonyl (C=O) groups is 1. The summed E-state index contributed by atoms with van der Waals surface area (Å²) in [5.74, 6) is 0. The fourth-order valence-corrected chi connectivity index (χ4v) is 2.39. The lowest BCUT2D eigenvalue weighted by Gasteiger charge is -2.36. The Hall–Kier alpha value is -0.453. The van der Waals surface area contributed by atoms with Crippen molar-refractivity contribution in [2.45, 2.75) is 64.8 Å². The molecular weight excluding hydrogens is 244 g/mol. The van der Waals surface area contributed by atoms with E-state index in [4.69, 9.17) is 4.43 Å². The van der Waals surface area contributed by atoms with Crippen LogP contribution in [0.1, 0.15) is 40.5 Å². The van der Waals surface area contributed by atoms with E-state index >= 15 is 0 Å². The Morgan fingerprint density at radius 1 is 1.39 bits per heavy atom. The maximum atomic E-state index is 10.3. The van der Waals surface area contributed by atoms with Gasteiger partial charge in [-0.1, -0.05) is 26.3 Å². The quantitative estimate of drug-likeness (QED) is 0.439. The maximum Gasteiger partial charge on any atom is 0.191 e. The Morgan fingerprint density at radius 2 is 1.94 bits per heavy atom. The Kier molecular flexibility index (Phi) is 7.03. The summed E-state index contributed by atoms with van der Waals surface area (Å²) in [6, 6.07) is 0. The smallest absolute Gasteiger partial charge is 0.191 e. The molecule has 0 amide bonds. The first-order chi connectivity index (χ1) is 8.10. The highest BCUT2D eigenvalue weighted by molar-refractivity contribution is 6.74. The van der Waals surface area contributed by atoms with Gasteiger partial charge in [-0.3, -0.25) is 4.79 Å². The Bertz CT molecular complexity index is 290. The van der Waals surface area contributed by atoms with E-state index in [-0.39, 0.29) is 5.04 Å². The summed E-state index contributed by atoms with van der Waals surface area (Å²) in [5.41, 5.74) is 0.907. The van der Waals surface area contributed by atoms with Gasteiger partial charge in [0, 0.05) is 6.61 Å². The van der Waals surface area contributed by atoms with Crippen LogP contribution >= 0.6 is 0 Å². The average molecular weight is 272 g/mol. The summed E-state index contributed by atoms with van der Waals surface area (Å²) in [4.78, 5) is 10.3. The summed E-state index contributed by atoms with van der Waals surface area (Å²) in [5, 5.41) is 10.0. The molecule has 0 aromatic carbocycles. The van der Waals surface area contributed by atoms with Crippen LogP contribution in [0.3, 0.4) is 0 Å². The van der Waals surface area contributed by atoms with Gasteiger partial charge >= 0.3 is 0 Å². The number of rotatable bonds is 7. The van der Waals surface area contributed by atoms with E-state index in [0.29, 0.717) is 19.4 Å². The first-order valence-corrected chi connectivity index (χ1v) is 9.44. The highest BCUT2D eigenvalue weighted by atomic mass is 28.4. The van der Waals surface area contributed by atoms with Crippen LogP contribution in [0, 0.1) is 0 Å². The summed E-state index contributed by atoms with van der Waals surface area (Å²) in [6.07, 6.45) is 2.99. The van der Waals surface area contributed by atoms with E-state index in [1.807, 2.05) is 6.92 Å². The first-order valence-electron chi connectivity index (χ1n) is 6.53. The van der Waals surface area contributed by atoms with Crippen LogP contribution in [0.15, 0.2) is 11.6 Å². The summed E-state index contributed by atoms with van der Waals surface area (Å²) in [7, 11) is -1.71. The fourth-order valence-electron chi connectivity index (χ4n) is 1.32. The van der Waals surface area contributed by atoms with Crippen molar-refractivity contribution in [2.75, 3.05) is 6.61 Å². The van der Waals surface area contributed by atoms with Crippen molar-refractivity contribution < 1.29 is 14.3 Å². The number of allylic oxidation sites excluding steroid dienone is 1. The molecule has 1 atom stereocenters. The first kappa shape index (κ1) is 17.5. The van der Waals surface area contributed by atoms with Crippen LogP contribution in [-0.2, 0) is 9.22 Å². The minimum Gasteiger partial charge on any atom is -0.417 e. The van der Waals surface area contributed by atoms with Gasteiger partial charge in [0.1, 0.15) is 6.29 Å². The van der Waals surface area contributed by atoms with Crippen LogP contribution in [0.4, 0.5) is 0 Å². The largest absolute Gasteiger partial charge is 0.417 e. The molecule has 1 N–H and O–H groups in total. The summed E-state index contributed by atoms with van der Waals surface area (Å²) >= 11 is 0. The zero-order valence-corrected chi connectivity index (χ0v) is 13.6. The van der Waals surface area contributed by atoms with E-state index in [0.717, 1.165) is 11.9 Å². The second-order valence-electron chi connectivity index (χ2n) is 6.40. The van der Waals surface area contributed by atoms with Crippen LogP contribution in [-0.4, -0.2) is 32.4 Å². The molecule has 3 nitrogen and oxygen atoms in total. The molecule has 106 valence electrons. The van der Waals surface area contributed by atoms with Gasteiger partial charge in [0.15, 0.2) is 8.32 Å². The van der Waals surface area contributed by atoms with Gasteiger partial charge in [-0.15, -0.1) is 0 Å². The van der Waals surface area contributed by atoms with Crippen molar-refractivity contribution in [2.24, 2.45) is 0 Å². The Labute approximate surface area is 112 Å². The molecule has 0 saturated carbocycles. The van der Waals surface area contributed by atoms with E-state index < -0.39 is 14.4 Å². The highest BCUT2D eigenvalue weighted by Crippen LogP contribution is 2.36. The lowest BCUT2D eigenvalue weighted by atomic mass is 10.1. The highest BCUT2D eigenvalue weighted by Gasteiger charge is 2.36. The number of hydrogen-bond donors (Lipinski definition) is 1. The van der Waals surface area contributed by atoms with Gasteiger partial charge in [0.25, 0.3) is 0 Å². The monoisotopic (exact) mass is 272 g/mol. The zero-order chi connectivity index (χ0) is 14.4. The normalized spacial score (nSPS) is 15.6. The molecule has 18 heavy (non-hydrogen) atoms. The lowest BCUT2D eigenvalue weighted by molar-refractivity contribution is -0.104. The fraction of sp³-hybridized carbons (Fsp3) is 0.786. The average Bonchev–Trinajstić information content (AvgIpc) is 2.15. The third kappa shape index (κ3) is 6.47. The third-order valence-corrected chi connectivity index (χ3v) is 8.17. The Morgan fingerprint density at radius 3 is 2.39 bits per heavy atom.